The lowest BCUT2D eigenvalue weighted by Crippen LogP contribution is -2.06. The Kier molecular flexibility index (Phi) is 5.27. The molecule has 5 heteroatoms. The summed E-state index contributed by atoms with van der Waals surface area (Å²) in [7, 11) is 0. The lowest BCUT2D eigenvalue weighted by Gasteiger charge is -2.08. The van der Waals surface area contributed by atoms with E-state index in [0.29, 0.717) is 17.8 Å². The minimum absolute atomic E-state index is 0.278. The van der Waals surface area contributed by atoms with Gasteiger partial charge in [-0.1, -0.05) is 55.8 Å². The van der Waals surface area contributed by atoms with E-state index in [1.54, 1.807) is 22.9 Å². The summed E-state index contributed by atoms with van der Waals surface area (Å²) in [5.74, 6) is -0.944. The number of aryl methyl sites for hydroxylation is 1. The van der Waals surface area contributed by atoms with Crippen LogP contribution in [-0.2, 0) is 13.0 Å². The van der Waals surface area contributed by atoms with Gasteiger partial charge in [0.2, 0.25) is 0 Å². The average molecular weight is 348 g/mol. The zero-order chi connectivity index (χ0) is 18.5. The van der Waals surface area contributed by atoms with Crippen LogP contribution in [0.25, 0.3) is 11.1 Å². The molecule has 5 nitrogen and oxygen atoms in total. The van der Waals surface area contributed by atoms with Gasteiger partial charge in [0.05, 0.1) is 17.8 Å². The Labute approximate surface area is 151 Å². The molecule has 1 N–H and O–H groups in total. The number of benzene rings is 2. The topological polar surface area (TPSA) is 72.2 Å². The van der Waals surface area contributed by atoms with Crippen LogP contribution in [0.1, 0.15) is 45.4 Å². The second-order valence-corrected chi connectivity index (χ2v) is 6.13. The lowest BCUT2D eigenvalue weighted by molar-refractivity contribution is 0.0697. The number of aldehydes is 1. The molecular weight excluding hydrogens is 328 g/mol. The Morgan fingerprint density at radius 3 is 2.54 bits per heavy atom. The molecule has 0 aliphatic carbocycles. The van der Waals surface area contributed by atoms with Crippen molar-refractivity contribution in [3.05, 3.63) is 77.1 Å². The molecule has 0 spiro atoms. The van der Waals surface area contributed by atoms with Crippen LogP contribution in [0.3, 0.4) is 0 Å². The Balaban J connectivity index is 1.85. The van der Waals surface area contributed by atoms with E-state index in [4.69, 9.17) is 0 Å². The molecule has 26 heavy (non-hydrogen) atoms. The predicted octanol–water partition coefficient (Wildman–Crippen LogP) is 4.06. The Morgan fingerprint density at radius 2 is 1.88 bits per heavy atom. The SMILES string of the molecule is CCCc1cc(C=O)n(Cc2ccc(-c3ccccc3C(=O)O)cc2)n1. The molecule has 1 aromatic heterocycles. The summed E-state index contributed by atoms with van der Waals surface area (Å²) in [6.45, 7) is 2.58. The van der Waals surface area contributed by atoms with Crippen molar-refractivity contribution in [1.82, 2.24) is 9.78 Å². The first-order chi connectivity index (χ1) is 12.6. The summed E-state index contributed by atoms with van der Waals surface area (Å²) in [4.78, 5) is 22.6. The molecule has 0 radical (unpaired) electrons. The molecule has 1 heterocycles. The van der Waals surface area contributed by atoms with Gasteiger partial charge in [0.15, 0.2) is 6.29 Å². The first-order valence-electron chi connectivity index (χ1n) is 8.56. The number of carboxylic acids is 1. The highest BCUT2D eigenvalue weighted by molar-refractivity contribution is 5.95. The molecule has 3 rings (SSSR count). The van der Waals surface area contributed by atoms with Crippen molar-refractivity contribution in [2.24, 2.45) is 0 Å². The van der Waals surface area contributed by atoms with Crippen molar-refractivity contribution in [1.29, 1.82) is 0 Å². The van der Waals surface area contributed by atoms with E-state index in [9.17, 15) is 14.7 Å². The zero-order valence-electron chi connectivity index (χ0n) is 14.6. The predicted molar refractivity (Wildman–Crippen MR) is 99.5 cm³/mol. The van der Waals surface area contributed by atoms with Crippen molar-refractivity contribution in [2.75, 3.05) is 0 Å². The number of carboxylic acid groups (broad SMARTS) is 1. The molecule has 132 valence electrons. The van der Waals surface area contributed by atoms with E-state index in [2.05, 4.69) is 12.0 Å². The van der Waals surface area contributed by atoms with Crippen LogP contribution in [0.2, 0.25) is 0 Å². The van der Waals surface area contributed by atoms with E-state index in [1.807, 2.05) is 36.4 Å². The quantitative estimate of drug-likeness (QED) is 0.654. The third kappa shape index (κ3) is 3.72. The van der Waals surface area contributed by atoms with Crippen LogP contribution < -0.4 is 0 Å². The summed E-state index contributed by atoms with van der Waals surface area (Å²) >= 11 is 0. The third-order valence-corrected chi connectivity index (χ3v) is 4.24. The van der Waals surface area contributed by atoms with E-state index < -0.39 is 5.97 Å². The maximum atomic E-state index is 11.4. The molecule has 0 unspecified atom stereocenters. The van der Waals surface area contributed by atoms with Crippen molar-refractivity contribution in [3.8, 4) is 11.1 Å². The van der Waals surface area contributed by atoms with Crippen molar-refractivity contribution >= 4 is 12.3 Å². The van der Waals surface area contributed by atoms with Gasteiger partial charge in [0.25, 0.3) is 0 Å². The van der Waals surface area contributed by atoms with Gasteiger partial charge in [0, 0.05) is 0 Å². The maximum Gasteiger partial charge on any atom is 0.336 e. The second-order valence-electron chi connectivity index (χ2n) is 6.13. The number of aromatic carboxylic acids is 1. The normalized spacial score (nSPS) is 10.7. The zero-order valence-corrected chi connectivity index (χ0v) is 14.6. The molecule has 0 aliphatic rings. The van der Waals surface area contributed by atoms with E-state index in [-0.39, 0.29) is 5.56 Å². The number of rotatable bonds is 7. The molecule has 0 bridgehead atoms. The number of aromatic nitrogens is 2. The number of hydrogen-bond donors (Lipinski definition) is 1. The maximum absolute atomic E-state index is 11.4. The molecular formula is C21H20N2O3. The average Bonchev–Trinajstić information content (AvgIpc) is 3.04. The smallest absolute Gasteiger partial charge is 0.336 e. The molecule has 0 aliphatic heterocycles. The fraction of sp³-hybridized carbons (Fsp3) is 0.190. The Hall–Kier alpha value is -3.21. The van der Waals surface area contributed by atoms with Crippen molar-refractivity contribution in [3.63, 3.8) is 0 Å². The second kappa shape index (κ2) is 7.78. The number of carbonyl (C=O) groups excluding carboxylic acids is 1. The monoisotopic (exact) mass is 348 g/mol. The number of nitrogens with zero attached hydrogens (tertiary/aromatic N) is 2. The minimum atomic E-state index is -0.944. The highest BCUT2D eigenvalue weighted by atomic mass is 16.4. The van der Waals surface area contributed by atoms with Crippen LogP contribution in [-0.4, -0.2) is 27.1 Å². The summed E-state index contributed by atoms with van der Waals surface area (Å²) in [6, 6.07) is 16.4. The first-order valence-corrected chi connectivity index (χ1v) is 8.56. The van der Waals surface area contributed by atoms with Gasteiger partial charge < -0.3 is 5.11 Å². The van der Waals surface area contributed by atoms with Gasteiger partial charge in [-0.3, -0.25) is 9.48 Å². The fourth-order valence-electron chi connectivity index (χ4n) is 2.97. The van der Waals surface area contributed by atoms with Gasteiger partial charge in [-0.2, -0.15) is 5.10 Å². The number of hydrogen-bond acceptors (Lipinski definition) is 3. The molecule has 0 atom stereocenters. The first kappa shape index (κ1) is 17.6. The summed E-state index contributed by atoms with van der Waals surface area (Å²) in [6.07, 6.45) is 2.65. The van der Waals surface area contributed by atoms with Crippen LogP contribution in [0.5, 0.6) is 0 Å². The standard InChI is InChI=1S/C21H20N2O3/c1-2-5-17-12-18(14-24)23(22-17)13-15-8-10-16(11-9-15)19-6-3-4-7-20(19)21(25)26/h3-4,6-12,14H,2,5,13H2,1H3,(H,25,26). The molecule has 0 fully saturated rings. The van der Waals surface area contributed by atoms with Gasteiger partial charge in [0.1, 0.15) is 5.69 Å². The third-order valence-electron chi connectivity index (χ3n) is 4.24. The summed E-state index contributed by atoms with van der Waals surface area (Å²) < 4.78 is 1.71. The van der Waals surface area contributed by atoms with Gasteiger partial charge in [-0.15, -0.1) is 0 Å². The van der Waals surface area contributed by atoms with Crippen molar-refractivity contribution < 1.29 is 14.7 Å². The van der Waals surface area contributed by atoms with Crippen LogP contribution in [0, 0.1) is 0 Å². The molecule has 0 amide bonds. The highest BCUT2D eigenvalue weighted by Crippen LogP contribution is 2.24. The Morgan fingerprint density at radius 1 is 1.15 bits per heavy atom. The largest absolute Gasteiger partial charge is 0.478 e. The van der Waals surface area contributed by atoms with Crippen molar-refractivity contribution in [2.45, 2.75) is 26.3 Å². The summed E-state index contributed by atoms with van der Waals surface area (Å²) in [5, 5.41) is 13.8. The fourth-order valence-corrected chi connectivity index (χ4v) is 2.97. The molecule has 0 saturated carbocycles. The van der Waals surface area contributed by atoms with E-state index in [1.165, 1.54) is 0 Å². The van der Waals surface area contributed by atoms with E-state index >= 15 is 0 Å². The van der Waals surface area contributed by atoms with Crippen LogP contribution in [0.4, 0.5) is 0 Å². The summed E-state index contributed by atoms with van der Waals surface area (Å²) in [5.41, 5.74) is 4.28. The molecule has 2 aromatic carbocycles. The van der Waals surface area contributed by atoms with Crippen LogP contribution >= 0.6 is 0 Å². The highest BCUT2D eigenvalue weighted by Gasteiger charge is 2.11. The van der Waals surface area contributed by atoms with Crippen LogP contribution in [0.15, 0.2) is 54.6 Å². The van der Waals surface area contributed by atoms with Gasteiger partial charge in [-0.05, 0) is 35.2 Å². The molecule has 0 saturated heterocycles. The van der Waals surface area contributed by atoms with E-state index in [0.717, 1.165) is 35.9 Å². The van der Waals surface area contributed by atoms with Gasteiger partial charge >= 0.3 is 5.97 Å². The minimum Gasteiger partial charge on any atom is -0.478 e. The van der Waals surface area contributed by atoms with Gasteiger partial charge in [-0.25, -0.2) is 4.79 Å². The molecule has 3 aromatic rings. The Bertz CT molecular complexity index is 927. The lowest BCUT2D eigenvalue weighted by atomic mass is 9.99. The number of carbonyl (C=O) groups is 2.